The van der Waals surface area contributed by atoms with Crippen molar-refractivity contribution in [3.63, 3.8) is 0 Å². The molecular formula is C18H27N3O4S. The summed E-state index contributed by atoms with van der Waals surface area (Å²) < 4.78 is 31.9. The number of nitrogens with zero attached hydrogens (tertiary/aromatic N) is 2. The van der Waals surface area contributed by atoms with Gasteiger partial charge in [0.05, 0.1) is 18.1 Å². The van der Waals surface area contributed by atoms with E-state index in [1.807, 2.05) is 17.0 Å². The van der Waals surface area contributed by atoms with Gasteiger partial charge in [0, 0.05) is 45.2 Å². The molecule has 2 fully saturated rings. The van der Waals surface area contributed by atoms with Crippen LogP contribution < -0.4 is 5.32 Å². The molecule has 2 saturated heterocycles. The molecule has 0 aromatic heterocycles. The zero-order valence-corrected chi connectivity index (χ0v) is 16.0. The molecule has 144 valence electrons. The Morgan fingerprint density at radius 1 is 1.19 bits per heavy atom. The first kappa shape index (κ1) is 19.3. The molecule has 1 amide bonds. The Morgan fingerprint density at radius 2 is 1.88 bits per heavy atom. The number of benzene rings is 1. The second-order valence-electron chi connectivity index (χ2n) is 6.80. The number of piperazine rings is 1. The quantitative estimate of drug-likeness (QED) is 0.802. The molecule has 1 aromatic carbocycles. The maximum Gasteiger partial charge on any atom is 0.243 e. The SMILES string of the molecule is C[C@H]1CNCCN1C(=O)CCc1ccc(S(=O)(=O)N2CCOCC2)cc1. The number of sulfonamides is 1. The van der Waals surface area contributed by atoms with Crippen LogP contribution in [0, 0.1) is 0 Å². The van der Waals surface area contributed by atoms with Crippen LogP contribution in [-0.4, -0.2) is 75.5 Å². The van der Waals surface area contributed by atoms with Crippen LogP contribution in [0.2, 0.25) is 0 Å². The van der Waals surface area contributed by atoms with Gasteiger partial charge in [-0.3, -0.25) is 4.79 Å². The Hall–Kier alpha value is -1.48. The second-order valence-corrected chi connectivity index (χ2v) is 8.74. The second kappa shape index (κ2) is 8.47. The van der Waals surface area contributed by atoms with Crippen molar-refractivity contribution in [1.29, 1.82) is 0 Å². The largest absolute Gasteiger partial charge is 0.379 e. The van der Waals surface area contributed by atoms with E-state index in [4.69, 9.17) is 4.74 Å². The van der Waals surface area contributed by atoms with Gasteiger partial charge in [-0.1, -0.05) is 12.1 Å². The molecule has 2 aliphatic rings. The predicted octanol–water partition coefficient (Wildman–Crippen LogP) is 0.460. The van der Waals surface area contributed by atoms with Crippen molar-refractivity contribution in [3.8, 4) is 0 Å². The molecule has 0 radical (unpaired) electrons. The van der Waals surface area contributed by atoms with Gasteiger partial charge < -0.3 is 15.0 Å². The van der Waals surface area contributed by atoms with Crippen LogP contribution in [0.3, 0.4) is 0 Å². The van der Waals surface area contributed by atoms with Gasteiger partial charge in [0.1, 0.15) is 0 Å². The fraction of sp³-hybridized carbons (Fsp3) is 0.611. The molecule has 1 atom stereocenters. The van der Waals surface area contributed by atoms with Crippen molar-refractivity contribution in [1.82, 2.24) is 14.5 Å². The van der Waals surface area contributed by atoms with Crippen molar-refractivity contribution < 1.29 is 17.9 Å². The Labute approximate surface area is 155 Å². The van der Waals surface area contributed by atoms with Crippen LogP contribution in [0.4, 0.5) is 0 Å². The number of nitrogens with one attached hydrogen (secondary N) is 1. The van der Waals surface area contributed by atoms with Crippen LogP contribution in [-0.2, 0) is 26.0 Å². The zero-order chi connectivity index (χ0) is 18.6. The lowest BCUT2D eigenvalue weighted by molar-refractivity contribution is -0.133. The van der Waals surface area contributed by atoms with Crippen LogP contribution in [0.5, 0.6) is 0 Å². The molecule has 2 heterocycles. The maximum atomic E-state index is 12.6. The van der Waals surface area contributed by atoms with Crippen LogP contribution >= 0.6 is 0 Å². The number of carbonyl (C=O) groups excluding carboxylic acids is 1. The lowest BCUT2D eigenvalue weighted by Gasteiger charge is -2.34. The Morgan fingerprint density at radius 3 is 2.54 bits per heavy atom. The van der Waals surface area contributed by atoms with E-state index < -0.39 is 10.0 Å². The summed E-state index contributed by atoms with van der Waals surface area (Å²) in [5, 5.41) is 3.28. The Balaban J connectivity index is 1.58. The number of amides is 1. The third kappa shape index (κ3) is 4.43. The minimum absolute atomic E-state index is 0.156. The topological polar surface area (TPSA) is 79.0 Å². The third-order valence-corrected chi connectivity index (χ3v) is 6.89. The van der Waals surface area contributed by atoms with E-state index in [2.05, 4.69) is 12.2 Å². The number of rotatable bonds is 5. The number of aryl methyl sites for hydroxylation is 1. The first-order valence-electron chi connectivity index (χ1n) is 9.15. The van der Waals surface area contributed by atoms with Crippen molar-refractivity contribution in [3.05, 3.63) is 29.8 Å². The van der Waals surface area contributed by atoms with E-state index in [1.54, 1.807) is 12.1 Å². The van der Waals surface area contributed by atoms with Crippen molar-refractivity contribution >= 4 is 15.9 Å². The summed E-state index contributed by atoms with van der Waals surface area (Å²) in [5.41, 5.74) is 0.974. The van der Waals surface area contributed by atoms with Crippen molar-refractivity contribution in [2.75, 3.05) is 45.9 Å². The highest BCUT2D eigenvalue weighted by molar-refractivity contribution is 7.89. The molecule has 0 unspecified atom stereocenters. The Kier molecular flexibility index (Phi) is 6.29. The van der Waals surface area contributed by atoms with E-state index >= 15 is 0 Å². The lowest BCUT2D eigenvalue weighted by Crippen LogP contribution is -2.52. The van der Waals surface area contributed by atoms with Gasteiger partial charge in [-0.15, -0.1) is 0 Å². The summed E-state index contributed by atoms with van der Waals surface area (Å²) >= 11 is 0. The maximum absolute atomic E-state index is 12.6. The van der Waals surface area contributed by atoms with Gasteiger partial charge in [-0.2, -0.15) is 4.31 Å². The molecule has 7 nitrogen and oxygen atoms in total. The monoisotopic (exact) mass is 381 g/mol. The highest BCUT2D eigenvalue weighted by Crippen LogP contribution is 2.18. The van der Waals surface area contributed by atoms with Crippen molar-refractivity contribution in [2.45, 2.75) is 30.7 Å². The van der Waals surface area contributed by atoms with Crippen molar-refractivity contribution in [2.24, 2.45) is 0 Å². The van der Waals surface area contributed by atoms with E-state index in [0.29, 0.717) is 44.0 Å². The van der Waals surface area contributed by atoms with Gasteiger partial charge in [0.15, 0.2) is 0 Å². The van der Waals surface area contributed by atoms with Gasteiger partial charge in [0.2, 0.25) is 15.9 Å². The first-order valence-corrected chi connectivity index (χ1v) is 10.6. The Bertz CT molecular complexity index is 714. The molecule has 26 heavy (non-hydrogen) atoms. The lowest BCUT2D eigenvalue weighted by atomic mass is 10.1. The first-order chi connectivity index (χ1) is 12.5. The minimum Gasteiger partial charge on any atom is -0.379 e. The summed E-state index contributed by atoms with van der Waals surface area (Å²) in [5.74, 6) is 0.156. The smallest absolute Gasteiger partial charge is 0.243 e. The van der Waals surface area contributed by atoms with E-state index in [1.165, 1.54) is 4.31 Å². The summed E-state index contributed by atoms with van der Waals surface area (Å²) in [7, 11) is -3.46. The average Bonchev–Trinajstić information content (AvgIpc) is 2.67. The normalized spacial score (nSPS) is 22.3. The van der Waals surface area contributed by atoms with Crippen LogP contribution in [0.25, 0.3) is 0 Å². The van der Waals surface area contributed by atoms with Crippen LogP contribution in [0.1, 0.15) is 18.9 Å². The average molecular weight is 381 g/mol. The molecule has 3 rings (SSSR count). The number of carbonyl (C=O) groups is 1. The molecule has 0 bridgehead atoms. The standard InChI is InChI=1S/C18H27N3O4S/c1-15-14-19-8-9-21(15)18(22)7-4-16-2-5-17(6-3-16)26(23,24)20-10-12-25-13-11-20/h2-3,5-6,15,19H,4,7-14H2,1H3/t15-/m0/s1. The van der Waals surface area contributed by atoms with Crippen LogP contribution in [0.15, 0.2) is 29.2 Å². The molecule has 2 aliphatic heterocycles. The number of hydrogen-bond acceptors (Lipinski definition) is 5. The number of ether oxygens (including phenoxy) is 1. The third-order valence-electron chi connectivity index (χ3n) is 4.98. The molecule has 0 saturated carbocycles. The molecular weight excluding hydrogens is 354 g/mol. The number of hydrogen-bond donors (Lipinski definition) is 1. The molecule has 0 aliphatic carbocycles. The van der Waals surface area contributed by atoms with Gasteiger partial charge in [-0.25, -0.2) is 8.42 Å². The summed E-state index contributed by atoms with van der Waals surface area (Å²) in [6, 6.07) is 7.11. The summed E-state index contributed by atoms with van der Waals surface area (Å²) in [6.07, 6.45) is 1.06. The predicted molar refractivity (Wildman–Crippen MR) is 98.4 cm³/mol. The fourth-order valence-corrected chi connectivity index (χ4v) is 4.78. The molecule has 8 heteroatoms. The van der Waals surface area contributed by atoms with Gasteiger partial charge >= 0.3 is 0 Å². The summed E-state index contributed by atoms with van der Waals surface area (Å²) in [6.45, 7) is 6.12. The molecule has 1 aromatic rings. The highest BCUT2D eigenvalue weighted by atomic mass is 32.2. The molecule has 0 spiro atoms. The van der Waals surface area contributed by atoms with Gasteiger partial charge in [-0.05, 0) is 31.0 Å². The molecule has 1 N–H and O–H groups in total. The number of morpholine rings is 1. The van der Waals surface area contributed by atoms with E-state index in [-0.39, 0.29) is 11.9 Å². The van der Waals surface area contributed by atoms with E-state index in [9.17, 15) is 13.2 Å². The summed E-state index contributed by atoms with van der Waals surface area (Å²) in [4.78, 5) is 14.6. The minimum atomic E-state index is -3.46. The fourth-order valence-electron chi connectivity index (χ4n) is 3.37. The van der Waals surface area contributed by atoms with E-state index in [0.717, 1.165) is 25.2 Å². The zero-order valence-electron chi connectivity index (χ0n) is 15.2. The highest BCUT2D eigenvalue weighted by Gasteiger charge is 2.26. The van der Waals surface area contributed by atoms with Gasteiger partial charge in [0.25, 0.3) is 0 Å².